The van der Waals surface area contributed by atoms with Gasteiger partial charge in [0.1, 0.15) is 5.78 Å². The highest BCUT2D eigenvalue weighted by Crippen LogP contribution is 2.78. The lowest BCUT2D eigenvalue weighted by molar-refractivity contribution is -0.256. The quantitative estimate of drug-likeness (QED) is 0.379. The summed E-state index contributed by atoms with van der Waals surface area (Å²) in [5.41, 5.74) is 2.67. The Morgan fingerprint density at radius 2 is 1.26 bits per heavy atom. The highest BCUT2D eigenvalue weighted by molar-refractivity contribution is 5.82. The van der Waals surface area contributed by atoms with E-state index in [9.17, 15) is 4.79 Å². The van der Waals surface area contributed by atoms with Gasteiger partial charge in [-0.3, -0.25) is 4.79 Å². The molecule has 5 saturated carbocycles. The van der Waals surface area contributed by atoms with Crippen LogP contribution in [0.3, 0.4) is 0 Å². The van der Waals surface area contributed by atoms with Gasteiger partial charge < -0.3 is 0 Å². The first-order valence-corrected chi connectivity index (χ1v) is 13.7. The number of ketones is 1. The normalized spacial score (nSPS) is 58.5. The van der Waals surface area contributed by atoms with Crippen molar-refractivity contribution in [2.24, 2.45) is 56.2 Å². The second-order valence-corrected chi connectivity index (χ2v) is 15.3. The molecule has 0 radical (unpaired) electrons. The molecule has 0 bridgehead atoms. The third kappa shape index (κ3) is 2.70. The minimum atomic E-state index is 0.237. The van der Waals surface area contributed by atoms with Crippen LogP contribution in [0, 0.1) is 56.2 Å². The molecule has 5 fully saturated rings. The Morgan fingerprint density at radius 1 is 0.645 bits per heavy atom. The zero-order valence-corrected chi connectivity index (χ0v) is 22.0. The van der Waals surface area contributed by atoms with Gasteiger partial charge in [0.2, 0.25) is 0 Å². The number of Topliss-reactive ketones (excluding diaryl/α,β-unsaturated/α-hetero) is 1. The minimum Gasteiger partial charge on any atom is -0.299 e. The van der Waals surface area contributed by atoms with E-state index in [0.717, 1.165) is 30.6 Å². The molecule has 0 aromatic heterocycles. The van der Waals surface area contributed by atoms with Crippen LogP contribution in [0.2, 0.25) is 0 Å². The van der Waals surface area contributed by atoms with E-state index in [0.29, 0.717) is 32.9 Å². The molecular weight excluding hydrogens is 376 g/mol. The van der Waals surface area contributed by atoms with Crippen LogP contribution in [0.5, 0.6) is 0 Å². The van der Waals surface area contributed by atoms with Gasteiger partial charge in [-0.05, 0) is 114 Å². The van der Waals surface area contributed by atoms with E-state index in [1.54, 1.807) is 0 Å². The predicted octanol–water partition coefficient (Wildman–Crippen LogP) is 8.46. The Labute approximate surface area is 192 Å². The van der Waals surface area contributed by atoms with Crippen molar-refractivity contribution in [2.75, 3.05) is 0 Å². The van der Waals surface area contributed by atoms with Crippen LogP contribution in [0.1, 0.15) is 126 Å². The number of fused-ring (bicyclic) bond motifs is 7. The summed E-state index contributed by atoms with van der Waals surface area (Å²) in [6.07, 6.45) is 14.6. The first kappa shape index (κ1) is 22.5. The summed E-state index contributed by atoms with van der Waals surface area (Å²) >= 11 is 0. The topological polar surface area (TPSA) is 17.1 Å². The first-order valence-electron chi connectivity index (χ1n) is 13.7. The summed E-state index contributed by atoms with van der Waals surface area (Å²) in [4.78, 5) is 12.7. The van der Waals surface area contributed by atoms with Gasteiger partial charge in [-0.25, -0.2) is 0 Å². The fourth-order valence-corrected chi connectivity index (χ4v) is 11.2. The zero-order chi connectivity index (χ0) is 22.7. The monoisotopic (exact) mass is 426 g/mol. The first-order chi connectivity index (χ1) is 14.2. The number of rotatable bonds is 0. The van der Waals surface area contributed by atoms with Crippen LogP contribution in [0.4, 0.5) is 0 Å². The molecule has 1 nitrogen and oxygen atoms in total. The summed E-state index contributed by atoms with van der Waals surface area (Å²) in [6.45, 7) is 20.7. The standard InChI is InChI=1S/C30H50O/c1-20-21(31)9-10-22-27(20,5)12-11-23-28(22,6)16-18-30(8)24-19-25(2,3)13-14-26(24,4)15-17-29(23,30)7/h20,22-24H,9-19H2,1-8H3/t20-,22+,23-,24-,26-,27-,28+,29-,30+/m1/s1. The molecule has 0 amide bonds. The van der Waals surface area contributed by atoms with Crippen LogP contribution < -0.4 is 0 Å². The maximum Gasteiger partial charge on any atom is 0.136 e. The van der Waals surface area contributed by atoms with E-state index in [4.69, 9.17) is 0 Å². The van der Waals surface area contributed by atoms with E-state index in [1.807, 2.05) is 0 Å². The lowest BCUT2D eigenvalue weighted by atomic mass is 9.30. The molecule has 5 rings (SSSR count). The highest BCUT2D eigenvalue weighted by Gasteiger charge is 2.70. The molecule has 0 unspecified atom stereocenters. The summed E-state index contributed by atoms with van der Waals surface area (Å²) in [5, 5.41) is 0. The van der Waals surface area contributed by atoms with Crippen LogP contribution in [-0.2, 0) is 4.79 Å². The summed E-state index contributed by atoms with van der Waals surface area (Å²) < 4.78 is 0. The maximum atomic E-state index is 12.7. The number of hydrogen-bond acceptors (Lipinski definition) is 1. The van der Waals surface area contributed by atoms with Crippen molar-refractivity contribution >= 4 is 5.78 Å². The van der Waals surface area contributed by atoms with Gasteiger partial charge in [-0.2, -0.15) is 0 Å². The van der Waals surface area contributed by atoms with Gasteiger partial charge in [0, 0.05) is 12.3 Å². The molecule has 0 heterocycles. The van der Waals surface area contributed by atoms with E-state index in [-0.39, 0.29) is 11.3 Å². The number of carbonyl (C=O) groups is 1. The van der Waals surface area contributed by atoms with Crippen molar-refractivity contribution in [3.8, 4) is 0 Å². The highest BCUT2D eigenvalue weighted by atomic mass is 16.1. The van der Waals surface area contributed by atoms with Crippen molar-refractivity contribution in [2.45, 2.75) is 126 Å². The molecule has 0 aromatic rings. The molecule has 0 N–H and O–H groups in total. The average Bonchev–Trinajstić information content (AvgIpc) is 2.69. The molecule has 5 aliphatic rings. The third-order valence-corrected chi connectivity index (χ3v) is 13.7. The fraction of sp³-hybridized carbons (Fsp3) is 0.967. The Morgan fingerprint density at radius 3 is 1.97 bits per heavy atom. The second-order valence-electron chi connectivity index (χ2n) is 15.3. The van der Waals surface area contributed by atoms with E-state index in [2.05, 4.69) is 55.4 Å². The van der Waals surface area contributed by atoms with Gasteiger partial charge in [-0.1, -0.05) is 55.4 Å². The maximum absolute atomic E-state index is 12.7. The van der Waals surface area contributed by atoms with Crippen molar-refractivity contribution in [1.82, 2.24) is 0 Å². The Balaban J connectivity index is 1.55. The smallest absolute Gasteiger partial charge is 0.136 e. The van der Waals surface area contributed by atoms with E-state index in [1.165, 1.54) is 57.8 Å². The number of hydrogen-bond donors (Lipinski definition) is 0. The van der Waals surface area contributed by atoms with E-state index < -0.39 is 0 Å². The number of carbonyl (C=O) groups excluding carboxylic acids is 1. The Kier molecular flexibility index (Phi) is 4.65. The van der Waals surface area contributed by atoms with Crippen LogP contribution >= 0.6 is 0 Å². The van der Waals surface area contributed by atoms with Gasteiger partial charge in [0.15, 0.2) is 0 Å². The predicted molar refractivity (Wildman–Crippen MR) is 130 cm³/mol. The van der Waals surface area contributed by atoms with Gasteiger partial charge in [-0.15, -0.1) is 0 Å². The zero-order valence-electron chi connectivity index (χ0n) is 22.0. The molecule has 31 heavy (non-hydrogen) atoms. The van der Waals surface area contributed by atoms with E-state index >= 15 is 0 Å². The molecule has 9 atom stereocenters. The molecular formula is C30H50O. The molecule has 1 heteroatoms. The molecule has 176 valence electrons. The third-order valence-electron chi connectivity index (χ3n) is 13.7. The van der Waals surface area contributed by atoms with Gasteiger partial charge in [0.05, 0.1) is 0 Å². The molecule has 0 aliphatic heterocycles. The lowest BCUT2D eigenvalue weighted by Gasteiger charge is -2.74. The van der Waals surface area contributed by atoms with Crippen LogP contribution in [0.15, 0.2) is 0 Å². The molecule has 0 saturated heterocycles. The summed E-state index contributed by atoms with van der Waals surface area (Å²) in [5.74, 6) is 3.27. The van der Waals surface area contributed by atoms with Crippen molar-refractivity contribution in [3.63, 3.8) is 0 Å². The fourth-order valence-electron chi connectivity index (χ4n) is 11.2. The summed E-state index contributed by atoms with van der Waals surface area (Å²) in [7, 11) is 0. The molecule has 0 aromatic carbocycles. The average molecular weight is 427 g/mol. The van der Waals surface area contributed by atoms with Gasteiger partial charge >= 0.3 is 0 Å². The second kappa shape index (κ2) is 6.41. The molecule has 0 spiro atoms. The Hall–Kier alpha value is -0.330. The lowest BCUT2D eigenvalue weighted by Crippen LogP contribution is -2.67. The van der Waals surface area contributed by atoms with Crippen LogP contribution in [-0.4, -0.2) is 5.78 Å². The van der Waals surface area contributed by atoms with Crippen molar-refractivity contribution in [1.29, 1.82) is 0 Å². The van der Waals surface area contributed by atoms with Crippen molar-refractivity contribution in [3.05, 3.63) is 0 Å². The molecule has 5 aliphatic carbocycles. The van der Waals surface area contributed by atoms with Crippen LogP contribution in [0.25, 0.3) is 0 Å². The SMILES string of the molecule is C[C@@H]1C(=O)CC[C@H]2[C@]1(C)CC[C@@H]1[C@@]2(C)CC[C@@]2(C)[C@@H]3CC(C)(C)CC[C@]3(C)CC[C@]12C. The summed E-state index contributed by atoms with van der Waals surface area (Å²) in [6, 6.07) is 0. The minimum absolute atomic E-state index is 0.237. The Bertz CT molecular complexity index is 781. The van der Waals surface area contributed by atoms with Gasteiger partial charge in [0.25, 0.3) is 0 Å². The van der Waals surface area contributed by atoms with Crippen molar-refractivity contribution < 1.29 is 4.79 Å². The largest absolute Gasteiger partial charge is 0.299 e.